The molecule has 0 saturated heterocycles. The van der Waals surface area contributed by atoms with Crippen LogP contribution < -0.4 is 5.32 Å². The van der Waals surface area contributed by atoms with E-state index in [9.17, 15) is 9.59 Å². The number of amides is 2. The number of carbonyl (C=O) groups excluding carboxylic acids is 2. The molecule has 5 rings (SSSR count). The quantitative estimate of drug-likeness (QED) is 0.451. The maximum Gasteiger partial charge on any atom is 0.247 e. The zero-order chi connectivity index (χ0) is 23.5. The van der Waals surface area contributed by atoms with E-state index < -0.39 is 6.04 Å². The van der Waals surface area contributed by atoms with Crippen LogP contribution >= 0.6 is 0 Å². The van der Waals surface area contributed by atoms with Crippen molar-refractivity contribution in [3.8, 4) is 0 Å². The molecule has 1 aliphatic heterocycles. The van der Waals surface area contributed by atoms with Gasteiger partial charge in [-0.05, 0) is 36.6 Å². The maximum atomic E-state index is 13.8. The topological polar surface area (TPSA) is 67.2 Å². The van der Waals surface area contributed by atoms with E-state index in [1.807, 2.05) is 101 Å². The van der Waals surface area contributed by atoms with Gasteiger partial charge in [0.05, 0.1) is 23.5 Å². The molecule has 0 spiro atoms. The molecule has 4 aromatic rings. The Balaban J connectivity index is 1.40. The van der Waals surface area contributed by atoms with E-state index in [4.69, 9.17) is 4.98 Å². The number of fused-ring (bicyclic) bond motifs is 3. The van der Waals surface area contributed by atoms with Gasteiger partial charge in [-0.2, -0.15) is 0 Å². The Morgan fingerprint density at radius 2 is 1.56 bits per heavy atom. The molecule has 0 fully saturated rings. The predicted molar refractivity (Wildman–Crippen MR) is 132 cm³/mol. The van der Waals surface area contributed by atoms with E-state index in [1.54, 1.807) is 0 Å². The lowest BCUT2D eigenvalue weighted by atomic mass is 10.0. The summed E-state index contributed by atoms with van der Waals surface area (Å²) in [5.74, 6) is 0.635. The molecule has 2 amide bonds. The van der Waals surface area contributed by atoms with E-state index in [-0.39, 0.29) is 24.3 Å². The summed E-state index contributed by atoms with van der Waals surface area (Å²) in [5, 5.41) is 3.00. The zero-order valence-corrected chi connectivity index (χ0v) is 19.2. The third-order valence-corrected chi connectivity index (χ3v) is 6.50. The van der Waals surface area contributed by atoms with Crippen molar-refractivity contribution >= 4 is 22.8 Å². The van der Waals surface area contributed by atoms with Gasteiger partial charge in [0.25, 0.3) is 0 Å². The number of para-hydroxylation sites is 2. The zero-order valence-electron chi connectivity index (χ0n) is 19.2. The van der Waals surface area contributed by atoms with Crippen LogP contribution in [0.1, 0.15) is 42.4 Å². The second-order valence-electron chi connectivity index (χ2n) is 8.76. The van der Waals surface area contributed by atoms with E-state index in [2.05, 4.69) is 5.32 Å². The fourth-order valence-electron chi connectivity index (χ4n) is 4.73. The molecule has 1 aliphatic rings. The highest BCUT2D eigenvalue weighted by atomic mass is 16.2. The molecule has 0 bridgehead atoms. The highest BCUT2D eigenvalue weighted by Gasteiger charge is 2.40. The highest BCUT2D eigenvalue weighted by Crippen LogP contribution is 2.37. The van der Waals surface area contributed by atoms with E-state index >= 15 is 0 Å². The highest BCUT2D eigenvalue weighted by molar-refractivity contribution is 5.90. The molecule has 2 atom stereocenters. The molecule has 0 saturated carbocycles. The number of nitrogens with zero attached hydrogens (tertiary/aromatic N) is 3. The smallest absolute Gasteiger partial charge is 0.247 e. The first kappa shape index (κ1) is 21.9. The minimum atomic E-state index is -0.626. The summed E-state index contributed by atoms with van der Waals surface area (Å²) >= 11 is 0. The largest absolute Gasteiger partial charge is 0.356 e. The molecule has 6 nitrogen and oxygen atoms in total. The first-order valence-electron chi connectivity index (χ1n) is 11.7. The fourth-order valence-corrected chi connectivity index (χ4v) is 4.73. The van der Waals surface area contributed by atoms with E-state index in [0.717, 1.165) is 28.8 Å². The monoisotopic (exact) mass is 452 g/mol. The molecule has 2 unspecified atom stereocenters. The molecule has 2 heterocycles. The Morgan fingerprint density at radius 3 is 2.29 bits per heavy atom. The number of hydrogen-bond acceptors (Lipinski definition) is 3. The van der Waals surface area contributed by atoms with Crippen molar-refractivity contribution in [1.82, 2.24) is 19.8 Å². The number of hydrogen-bond donors (Lipinski definition) is 1. The molecule has 172 valence electrons. The van der Waals surface area contributed by atoms with Gasteiger partial charge in [-0.25, -0.2) is 4.98 Å². The van der Waals surface area contributed by atoms with Crippen molar-refractivity contribution < 1.29 is 9.59 Å². The molecular formula is C28H28N4O2. The summed E-state index contributed by atoms with van der Waals surface area (Å²) in [6, 6.07) is 27.0. The van der Waals surface area contributed by atoms with Crippen LogP contribution in [0.3, 0.4) is 0 Å². The summed E-state index contributed by atoms with van der Waals surface area (Å²) < 4.78 is 1.97. The minimum absolute atomic E-state index is 0.0507. The molecule has 3 aromatic carbocycles. The third-order valence-electron chi connectivity index (χ3n) is 6.50. The van der Waals surface area contributed by atoms with Crippen molar-refractivity contribution in [2.45, 2.75) is 38.4 Å². The Morgan fingerprint density at radius 1 is 0.912 bits per heavy atom. The lowest BCUT2D eigenvalue weighted by Gasteiger charge is -2.38. The first-order chi connectivity index (χ1) is 16.6. The van der Waals surface area contributed by atoms with Gasteiger partial charge in [-0.3, -0.25) is 9.59 Å². The van der Waals surface area contributed by atoms with Gasteiger partial charge in [0.1, 0.15) is 11.9 Å². The lowest BCUT2D eigenvalue weighted by Crippen LogP contribution is -2.46. The van der Waals surface area contributed by atoms with Gasteiger partial charge in [0.2, 0.25) is 11.8 Å². The second kappa shape index (κ2) is 9.51. The molecule has 0 radical (unpaired) electrons. The number of benzene rings is 3. The van der Waals surface area contributed by atoms with Crippen LogP contribution in [0.5, 0.6) is 0 Å². The SMILES string of the molecule is CC1c2nc3ccccc3n2C(CC(=O)NCCc2ccccc2)C(=O)N1Cc1ccccc1. The maximum absolute atomic E-state index is 13.8. The van der Waals surface area contributed by atoms with Crippen LogP contribution in [-0.2, 0) is 22.6 Å². The van der Waals surface area contributed by atoms with Crippen LogP contribution in [0.2, 0.25) is 0 Å². The van der Waals surface area contributed by atoms with Gasteiger partial charge < -0.3 is 14.8 Å². The summed E-state index contributed by atoms with van der Waals surface area (Å²) in [6.45, 7) is 3.02. The number of imidazole rings is 1. The standard InChI is InChI=1S/C28H28N4O2/c1-20-27-30-23-14-8-9-15-24(23)32(27)25(28(34)31(20)19-22-12-6-3-7-13-22)18-26(33)29-17-16-21-10-4-2-5-11-21/h2-15,20,25H,16-19H2,1H3,(H,29,33). The predicted octanol–water partition coefficient (Wildman–Crippen LogP) is 4.43. The van der Waals surface area contributed by atoms with Crippen molar-refractivity contribution in [3.63, 3.8) is 0 Å². The van der Waals surface area contributed by atoms with Crippen molar-refractivity contribution in [1.29, 1.82) is 0 Å². The number of aromatic nitrogens is 2. The molecule has 1 aromatic heterocycles. The first-order valence-corrected chi connectivity index (χ1v) is 11.7. The summed E-state index contributed by atoms with van der Waals surface area (Å²) in [6.07, 6.45) is 0.834. The average Bonchev–Trinajstić information content (AvgIpc) is 3.25. The Bertz CT molecular complexity index is 1300. The van der Waals surface area contributed by atoms with E-state index in [1.165, 1.54) is 5.56 Å². The van der Waals surface area contributed by atoms with Crippen LogP contribution in [-0.4, -0.2) is 32.8 Å². The van der Waals surface area contributed by atoms with E-state index in [0.29, 0.717) is 13.1 Å². The Kier molecular flexibility index (Phi) is 6.12. The minimum Gasteiger partial charge on any atom is -0.356 e. The van der Waals surface area contributed by atoms with Crippen molar-refractivity contribution in [2.75, 3.05) is 6.54 Å². The average molecular weight is 453 g/mol. The number of carbonyl (C=O) groups is 2. The number of rotatable bonds is 7. The Labute approximate surface area is 199 Å². The van der Waals surface area contributed by atoms with Crippen LogP contribution in [0, 0.1) is 0 Å². The van der Waals surface area contributed by atoms with Gasteiger partial charge >= 0.3 is 0 Å². The van der Waals surface area contributed by atoms with Crippen LogP contribution in [0.4, 0.5) is 0 Å². The normalized spacial score (nSPS) is 17.6. The second-order valence-corrected chi connectivity index (χ2v) is 8.76. The lowest BCUT2D eigenvalue weighted by molar-refractivity contribution is -0.142. The van der Waals surface area contributed by atoms with Gasteiger partial charge in [-0.1, -0.05) is 72.8 Å². The summed E-state index contributed by atoms with van der Waals surface area (Å²) in [7, 11) is 0. The fraction of sp³-hybridized carbons (Fsp3) is 0.250. The van der Waals surface area contributed by atoms with Gasteiger partial charge in [0.15, 0.2) is 0 Å². The molecular weight excluding hydrogens is 424 g/mol. The number of nitrogens with one attached hydrogen (secondary N) is 1. The summed E-state index contributed by atoms with van der Waals surface area (Å²) in [5.41, 5.74) is 3.95. The molecule has 6 heteroatoms. The van der Waals surface area contributed by atoms with Crippen molar-refractivity contribution in [2.24, 2.45) is 0 Å². The molecule has 34 heavy (non-hydrogen) atoms. The van der Waals surface area contributed by atoms with Gasteiger partial charge in [-0.15, -0.1) is 0 Å². The summed E-state index contributed by atoms with van der Waals surface area (Å²) in [4.78, 5) is 33.4. The Hall–Kier alpha value is -3.93. The van der Waals surface area contributed by atoms with Gasteiger partial charge in [0, 0.05) is 13.1 Å². The molecule has 0 aliphatic carbocycles. The van der Waals surface area contributed by atoms with Crippen LogP contribution in [0.25, 0.3) is 11.0 Å². The van der Waals surface area contributed by atoms with Crippen LogP contribution in [0.15, 0.2) is 84.9 Å². The molecule has 1 N–H and O–H groups in total. The van der Waals surface area contributed by atoms with Crippen molar-refractivity contribution in [3.05, 3.63) is 102 Å². The third kappa shape index (κ3) is 4.31.